The van der Waals surface area contributed by atoms with E-state index in [1.165, 1.54) is 19.3 Å². The Labute approximate surface area is 70.3 Å². The van der Waals surface area contributed by atoms with Crippen LogP contribution in [0.3, 0.4) is 0 Å². The summed E-state index contributed by atoms with van der Waals surface area (Å²) in [6.07, 6.45) is 3.68. The number of hydrogen-bond donors (Lipinski definition) is 2. The van der Waals surface area contributed by atoms with Crippen LogP contribution in [-0.2, 0) is 0 Å². The van der Waals surface area contributed by atoms with Gasteiger partial charge in [0.1, 0.15) is 0 Å². The van der Waals surface area contributed by atoms with E-state index in [0.717, 1.165) is 13.1 Å². The number of rotatable bonds is 6. The molecule has 2 atom stereocenters. The minimum Gasteiger partial charge on any atom is -0.330 e. The first-order valence-electron chi connectivity index (χ1n) is 4.64. The molecule has 0 aliphatic heterocycles. The maximum absolute atomic E-state index is 5.62. The van der Waals surface area contributed by atoms with Gasteiger partial charge in [-0.1, -0.05) is 20.3 Å². The summed E-state index contributed by atoms with van der Waals surface area (Å²) in [5.74, 6) is 1.33. The second-order valence-electron chi connectivity index (χ2n) is 3.47. The van der Waals surface area contributed by atoms with Gasteiger partial charge in [-0.2, -0.15) is 0 Å². The highest BCUT2D eigenvalue weighted by Gasteiger charge is 2.09. The fraction of sp³-hybridized carbons (Fsp3) is 1.00. The third-order valence-corrected chi connectivity index (χ3v) is 2.17. The molecule has 0 amide bonds. The van der Waals surface area contributed by atoms with Crippen LogP contribution in [-0.4, -0.2) is 13.1 Å². The standard InChI is InChI=1S/C9H22N2/c1-3-4-9(7-11)5-8(2)6-10/h8-9H,3-7,10-11H2,1-2H3. The van der Waals surface area contributed by atoms with E-state index in [2.05, 4.69) is 13.8 Å². The molecule has 0 spiro atoms. The van der Waals surface area contributed by atoms with Crippen LogP contribution < -0.4 is 11.5 Å². The Bertz CT molecular complexity index is 83.6. The van der Waals surface area contributed by atoms with Crippen LogP contribution in [0.4, 0.5) is 0 Å². The summed E-state index contributed by atoms with van der Waals surface area (Å²) in [7, 11) is 0. The van der Waals surface area contributed by atoms with Crippen molar-refractivity contribution in [2.24, 2.45) is 23.3 Å². The number of nitrogens with two attached hydrogens (primary N) is 2. The van der Waals surface area contributed by atoms with Crippen LogP contribution in [0, 0.1) is 11.8 Å². The van der Waals surface area contributed by atoms with Gasteiger partial charge in [-0.15, -0.1) is 0 Å². The first kappa shape index (κ1) is 10.9. The summed E-state index contributed by atoms with van der Waals surface area (Å²) in [6, 6.07) is 0. The van der Waals surface area contributed by atoms with Gasteiger partial charge in [0, 0.05) is 0 Å². The van der Waals surface area contributed by atoms with Crippen LogP contribution in [0.25, 0.3) is 0 Å². The molecule has 0 fully saturated rings. The molecule has 0 radical (unpaired) electrons. The fourth-order valence-corrected chi connectivity index (χ4v) is 1.41. The van der Waals surface area contributed by atoms with Crippen molar-refractivity contribution in [1.29, 1.82) is 0 Å². The van der Waals surface area contributed by atoms with E-state index < -0.39 is 0 Å². The quantitative estimate of drug-likeness (QED) is 0.613. The lowest BCUT2D eigenvalue weighted by Gasteiger charge is -2.17. The predicted octanol–water partition coefficient (Wildman–Crippen LogP) is 1.35. The zero-order chi connectivity index (χ0) is 8.69. The molecule has 68 valence electrons. The van der Waals surface area contributed by atoms with Crippen LogP contribution in [0.5, 0.6) is 0 Å². The normalized spacial score (nSPS) is 16.4. The summed E-state index contributed by atoms with van der Waals surface area (Å²) < 4.78 is 0. The molecule has 0 saturated carbocycles. The van der Waals surface area contributed by atoms with Gasteiger partial charge >= 0.3 is 0 Å². The van der Waals surface area contributed by atoms with Gasteiger partial charge in [0.25, 0.3) is 0 Å². The lowest BCUT2D eigenvalue weighted by atomic mass is 9.92. The van der Waals surface area contributed by atoms with E-state index >= 15 is 0 Å². The second kappa shape index (κ2) is 6.62. The van der Waals surface area contributed by atoms with Gasteiger partial charge in [0.05, 0.1) is 0 Å². The third kappa shape index (κ3) is 5.22. The first-order chi connectivity index (χ1) is 5.24. The molecule has 2 heteroatoms. The van der Waals surface area contributed by atoms with Gasteiger partial charge in [0.2, 0.25) is 0 Å². The second-order valence-corrected chi connectivity index (χ2v) is 3.47. The summed E-state index contributed by atoms with van der Waals surface area (Å²) in [5.41, 5.74) is 11.2. The summed E-state index contributed by atoms with van der Waals surface area (Å²) >= 11 is 0. The van der Waals surface area contributed by atoms with Crippen LogP contribution in [0.2, 0.25) is 0 Å². The van der Waals surface area contributed by atoms with Crippen LogP contribution in [0.15, 0.2) is 0 Å². The van der Waals surface area contributed by atoms with Crippen LogP contribution in [0.1, 0.15) is 33.1 Å². The smallest absolute Gasteiger partial charge is 0.00488 e. The molecule has 0 aromatic rings. The Kier molecular flexibility index (Phi) is 6.57. The van der Waals surface area contributed by atoms with Gasteiger partial charge in [0.15, 0.2) is 0 Å². The summed E-state index contributed by atoms with van der Waals surface area (Å²) in [4.78, 5) is 0. The van der Waals surface area contributed by atoms with Crippen molar-refractivity contribution in [3.05, 3.63) is 0 Å². The van der Waals surface area contributed by atoms with E-state index in [1.807, 2.05) is 0 Å². The maximum atomic E-state index is 5.62. The van der Waals surface area contributed by atoms with Gasteiger partial charge in [-0.3, -0.25) is 0 Å². The lowest BCUT2D eigenvalue weighted by Crippen LogP contribution is -2.20. The minimum atomic E-state index is 0.634. The van der Waals surface area contributed by atoms with Crippen molar-refractivity contribution in [2.45, 2.75) is 33.1 Å². The molecular formula is C9H22N2. The van der Waals surface area contributed by atoms with Gasteiger partial charge in [-0.05, 0) is 37.8 Å². The van der Waals surface area contributed by atoms with Crippen molar-refractivity contribution in [1.82, 2.24) is 0 Å². The van der Waals surface area contributed by atoms with E-state index in [-0.39, 0.29) is 0 Å². The topological polar surface area (TPSA) is 52.0 Å². The molecule has 0 aromatic carbocycles. The van der Waals surface area contributed by atoms with Crippen molar-refractivity contribution in [3.8, 4) is 0 Å². The predicted molar refractivity (Wildman–Crippen MR) is 50.3 cm³/mol. The van der Waals surface area contributed by atoms with Crippen molar-refractivity contribution < 1.29 is 0 Å². The molecule has 0 aliphatic carbocycles. The molecule has 0 rings (SSSR count). The molecule has 0 aromatic heterocycles. The van der Waals surface area contributed by atoms with Crippen molar-refractivity contribution in [3.63, 3.8) is 0 Å². The van der Waals surface area contributed by atoms with Crippen LogP contribution >= 0.6 is 0 Å². The third-order valence-electron chi connectivity index (χ3n) is 2.17. The SMILES string of the molecule is CCCC(CN)CC(C)CN. The maximum Gasteiger partial charge on any atom is -0.00488 e. The number of hydrogen-bond acceptors (Lipinski definition) is 2. The molecule has 0 saturated heterocycles. The van der Waals surface area contributed by atoms with Crippen molar-refractivity contribution >= 4 is 0 Å². The molecular weight excluding hydrogens is 136 g/mol. The Morgan fingerprint density at radius 3 is 2.18 bits per heavy atom. The largest absolute Gasteiger partial charge is 0.330 e. The monoisotopic (exact) mass is 158 g/mol. The Hall–Kier alpha value is -0.0800. The average molecular weight is 158 g/mol. The lowest BCUT2D eigenvalue weighted by molar-refractivity contribution is 0.378. The zero-order valence-electron chi connectivity index (χ0n) is 7.84. The summed E-state index contributed by atoms with van der Waals surface area (Å²) in [6.45, 7) is 6.01. The molecule has 0 aliphatic rings. The van der Waals surface area contributed by atoms with E-state index in [4.69, 9.17) is 11.5 Å². The van der Waals surface area contributed by atoms with Gasteiger partial charge in [-0.25, -0.2) is 0 Å². The zero-order valence-corrected chi connectivity index (χ0v) is 7.84. The first-order valence-corrected chi connectivity index (χ1v) is 4.64. The Morgan fingerprint density at radius 2 is 1.82 bits per heavy atom. The molecule has 11 heavy (non-hydrogen) atoms. The van der Waals surface area contributed by atoms with Gasteiger partial charge < -0.3 is 11.5 Å². The Balaban J connectivity index is 3.49. The van der Waals surface area contributed by atoms with E-state index in [9.17, 15) is 0 Å². The molecule has 2 unspecified atom stereocenters. The molecule has 4 N–H and O–H groups in total. The highest BCUT2D eigenvalue weighted by molar-refractivity contribution is 4.64. The van der Waals surface area contributed by atoms with E-state index in [1.54, 1.807) is 0 Å². The van der Waals surface area contributed by atoms with Crippen molar-refractivity contribution in [2.75, 3.05) is 13.1 Å². The Morgan fingerprint density at radius 1 is 1.18 bits per heavy atom. The molecule has 0 bridgehead atoms. The average Bonchev–Trinajstić information content (AvgIpc) is 2.03. The molecule has 0 heterocycles. The fourth-order valence-electron chi connectivity index (χ4n) is 1.41. The summed E-state index contributed by atoms with van der Waals surface area (Å²) in [5, 5.41) is 0. The molecule has 2 nitrogen and oxygen atoms in total. The minimum absolute atomic E-state index is 0.634. The highest BCUT2D eigenvalue weighted by atomic mass is 14.6. The van der Waals surface area contributed by atoms with E-state index in [0.29, 0.717) is 11.8 Å². The highest BCUT2D eigenvalue weighted by Crippen LogP contribution is 2.14.